The van der Waals surface area contributed by atoms with Crippen LogP contribution in [0.3, 0.4) is 0 Å². The quantitative estimate of drug-likeness (QED) is 0.755. The number of nitrogens with one attached hydrogen (secondary N) is 3. The van der Waals surface area contributed by atoms with E-state index in [0.717, 1.165) is 24.8 Å². The van der Waals surface area contributed by atoms with E-state index in [4.69, 9.17) is 0 Å². The monoisotopic (exact) mass is 320 g/mol. The first-order valence-corrected chi connectivity index (χ1v) is 8.12. The van der Waals surface area contributed by atoms with E-state index in [0.29, 0.717) is 16.5 Å². The molecule has 1 aliphatic rings. The summed E-state index contributed by atoms with van der Waals surface area (Å²) in [7, 11) is 1.54. The number of hydrogen-bond acceptors (Lipinski definition) is 5. The maximum atomic E-state index is 11.9. The van der Waals surface area contributed by atoms with Gasteiger partial charge in [0.15, 0.2) is 0 Å². The van der Waals surface area contributed by atoms with E-state index in [9.17, 15) is 14.9 Å². The minimum absolute atomic E-state index is 0.0389. The molecule has 2 amide bonds. The van der Waals surface area contributed by atoms with E-state index in [-0.39, 0.29) is 24.9 Å². The first-order chi connectivity index (χ1) is 10.5. The second-order valence-corrected chi connectivity index (χ2v) is 6.60. The van der Waals surface area contributed by atoms with Crippen LogP contribution >= 0.6 is 11.3 Å². The Morgan fingerprint density at radius 3 is 2.77 bits per heavy atom. The van der Waals surface area contributed by atoms with Crippen LogP contribution in [0.15, 0.2) is 0 Å². The number of likely N-dealkylation sites (N-methyl/N-ethyl adjacent to an activating group) is 1. The number of carbonyl (C=O) groups excluding carboxylic acids is 2. The maximum absolute atomic E-state index is 11.9. The fourth-order valence-electron chi connectivity index (χ4n) is 2.51. The second-order valence-electron chi connectivity index (χ2n) is 5.49. The standard InChI is InChI=1S/C15H20N4O2S/c1-9-3-4-10-11(6-16)15(22-12(10)5-9)19-14(21)8-18-7-13(20)17-2/h9,18H,3-5,7-8H2,1-2H3,(H,17,20)(H,19,21)/t9-/m0/s1. The van der Waals surface area contributed by atoms with E-state index in [1.165, 1.54) is 16.2 Å². The largest absolute Gasteiger partial charge is 0.358 e. The summed E-state index contributed by atoms with van der Waals surface area (Å²) >= 11 is 1.50. The summed E-state index contributed by atoms with van der Waals surface area (Å²) in [6.45, 7) is 2.33. The lowest BCUT2D eigenvalue weighted by Crippen LogP contribution is -2.36. The molecular formula is C15H20N4O2S. The summed E-state index contributed by atoms with van der Waals surface area (Å²) in [5.41, 5.74) is 1.70. The maximum Gasteiger partial charge on any atom is 0.238 e. The molecule has 0 aliphatic heterocycles. The molecule has 118 valence electrons. The summed E-state index contributed by atoms with van der Waals surface area (Å²) in [6, 6.07) is 2.22. The van der Waals surface area contributed by atoms with Crippen molar-refractivity contribution in [1.82, 2.24) is 10.6 Å². The van der Waals surface area contributed by atoms with Gasteiger partial charge in [0.05, 0.1) is 18.7 Å². The Morgan fingerprint density at radius 2 is 2.09 bits per heavy atom. The SMILES string of the molecule is CNC(=O)CNCC(=O)Nc1sc2c(c1C#N)CC[C@H](C)C2. The number of thiophene rings is 1. The number of nitrogens with zero attached hydrogens (tertiary/aromatic N) is 1. The highest BCUT2D eigenvalue weighted by atomic mass is 32.1. The fraction of sp³-hybridized carbons (Fsp3) is 0.533. The zero-order valence-corrected chi connectivity index (χ0v) is 13.6. The Morgan fingerprint density at radius 1 is 1.36 bits per heavy atom. The highest BCUT2D eigenvalue weighted by Crippen LogP contribution is 2.39. The number of hydrogen-bond donors (Lipinski definition) is 3. The van der Waals surface area contributed by atoms with Gasteiger partial charge in [0.1, 0.15) is 11.1 Å². The zero-order chi connectivity index (χ0) is 16.1. The van der Waals surface area contributed by atoms with Crippen molar-refractivity contribution in [3.05, 3.63) is 16.0 Å². The van der Waals surface area contributed by atoms with E-state index >= 15 is 0 Å². The third kappa shape index (κ3) is 3.84. The normalized spacial score (nSPS) is 16.5. The molecule has 0 bridgehead atoms. The van der Waals surface area contributed by atoms with Gasteiger partial charge in [0, 0.05) is 11.9 Å². The lowest BCUT2D eigenvalue weighted by atomic mass is 9.89. The molecule has 2 rings (SSSR count). The molecule has 22 heavy (non-hydrogen) atoms. The van der Waals surface area contributed by atoms with Gasteiger partial charge in [-0.05, 0) is 30.7 Å². The van der Waals surface area contributed by atoms with Gasteiger partial charge in [-0.15, -0.1) is 11.3 Å². The first kappa shape index (κ1) is 16.5. The van der Waals surface area contributed by atoms with Gasteiger partial charge in [0.2, 0.25) is 11.8 Å². The molecule has 3 N–H and O–H groups in total. The van der Waals surface area contributed by atoms with Crippen molar-refractivity contribution >= 4 is 28.2 Å². The average molecular weight is 320 g/mol. The van der Waals surface area contributed by atoms with E-state index in [1.807, 2.05) is 0 Å². The number of nitriles is 1. The Bertz CT molecular complexity index is 618. The highest BCUT2D eigenvalue weighted by molar-refractivity contribution is 7.16. The van der Waals surface area contributed by atoms with Crippen LogP contribution in [0.2, 0.25) is 0 Å². The summed E-state index contributed by atoms with van der Waals surface area (Å²) in [6.07, 6.45) is 2.96. The second kappa shape index (κ2) is 7.38. The Balaban J connectivity index is 1.99. The van der Waals surface area contributed by atoms with Crippen LogP contribution < -0.4 is 16.0 Å². The van der Waals surface area contributed by atoms with Crippen molar-refractivity contribution in [2.24, 2.45) is 5.92 Å². The molecule has 0 unspecified atom stereocenters. The zero-order valence-electron chi connectivity index (χ0n) is 12.8. The van der Waals surface area contributed by atoms with Crippen molar-refractivity contribution in [3.63, 3.8) is 0 Å². The summed E-state index contributed by atoms with van der Waals surface area (Å²) in [4.78, 5) is 24.2. The van der Waals surface area contributed by atoms with Crippen LogP contribution in [0.1, 0.15) is 29.3 Å². The van der Waals surface area contributed by atoms with Crippen LogP contribution in [0, 0.1) is 17.2 Å². The number of amides is 2. The van der Waals surface area contributed by atoms with Crippen molar-refractivity contribution < 1.29 is 9.59 Å². The van der Waals surface area contributed by atoms with Crippen molar-refractivity contribution in [2.75, 3.05) is 25.5 Å². The minimum atomic E-state index is -0.243. The minimum Gasteiger partial charge on any atom is -0.358 e. The van der Waals surface area contributed by atoms with Crippen LogP contribution in [-0.2, 0) is 22.4 Å². The third-order valence-corrected chi connectivity index (χ3v) is 4.90. The topological polar surface area (TPSA) is 94.0 Å². The molecule has 0 saturated carbocycles. The van der Waals surface area contributed by atoms with Gasteiger partial charge >= 0.3 is 0 Å². The molecule has 1 atom stereocenters. The Kier molecular flexibility index (Phi) is 5.52. The van der Waals surface area contributed by atoms with Crippen molar-refractivity contribution in [1.29, 1.82) is 5.26 Å². The molecule has 1 aliphatic carbocycles. The summed E-state index contributed by atoms with van der Waals surface area (Å²) in [5.74, 6) is 0.202. The molecule has 0 spiro atoms. The molecule has 1 aromatic heterocycles. The van der Waals surface area contributed by atoms with Gasteiger partial charge in [0.25, 0.3) is 0 Å². The average Bonchev–Trinajstić information content (AvgIpc) is 2.82. The van der Waals surface area contributed by atoms with Crippen LogP contribution in [-0.4, -0.2) is 32.0 Å². The fourth-order valence-corrected chi connectivity index (χ4v) is 3.88. The van der Waals surface area contributed by atoms with Crippen LogP contribution in [0.5, 0.6) is 0 Å². The first-order valence-electron chi connectivity index (χ1n) is 7.31. The predicted molar refractivity (Wildman–Crippen MR) is 85.8 cm³/mol. The Hall–Kier alpha value is -1.91. The smallest absolute Gasteiger partial charge is 0.238 e. The molecule has 1 heterocycles. The molecule has 0 radical (unpaired) electrons. The van der Waals surface area contributed by atoms with Gasteiger partial charge in [-0.3, -0.25) is 14.9 Å². The van der Waals surface area contributed by atoms with Crippen molar-refractivity contribution in [2.45, 2.75) is 26.2 Å². The van der Waals surface area contributed by atoms with E-state index < -0.39 is 0 Å². The number of rotatable bonds is 5. The lowest BCUT2D eigenvalue weighted by Gasteiger charge is -2.17. The van der Waals surface area contributed by atoms with Gasteiger partial charge in [-0.25, -0.2) is 0 Å². The number of fused-ring (bicyclic) bond motifs is 1. The molecule has 0 fully saturated rings. The number of carbonyl (C=O) groups is 2. The molecule has 0 saturated heterocycles. The highest BCUT2D eigenvalue weighted by Gasteiger charge is 2.24. The molecule has 6 nitrogen and oxygen atoms in total. The lowest BCUT2D eigenvalue weighted by molar-refractivity contribution is -0.119. The summed E-state index contributed by atoms with van der Waals surface area (Å²) < 4.78 is 0. The van der Waals surface area contributed by atoms with Crippen molar-refractivity contribution in [3.8, 4) is 6.07 Å². The van der Waals surface area contributed by atoms with Gasteiger partial charge < -0.3 is 10.6 Å². The van der Waals surface area contributed by atoms with Gasteiger partial charge in [-0.1, -0.05) is 6.92 Å². The predicted octanol–water partition coefficient (Wildman–Crippen LogP) is 1.02. The van der Waals surface area contributed by atoms with E-state index in [1.54, 1.807) is 7.05 Å². The third-order valence-electron chi connectivity index (χ3n) is 3.73. The molecular weight excluding hydrogens is 300 g/mol. The summed E-state index contributed by atoms with van der Waals surface area (Å²) in [5, 5.41) is 18.0. The van der Waals surface area contributed by atoms with E-state index in [2.05, 4.69) is 28.9 Å². The van der Waals surface area contributed by atoms with Gasteiger partial charge in [-0.2, -0.15) is 5.26 Å². The van der Waals surface area contributed by atoms with Crippen LogP contribution in [0.25, 0.3) is 0 Å². The number of anilines is 1. The van der Waals surface area contributed by atoms with Crippen LogP contribution in [0.4, 0.5) is 5.00 Å². The molecule has 7 heteroatoms. The molecule has 0 aromatic carbocycles. The molecule has 1 aromatic rings. The Labute approximate surface area is 133 Å².